The second-order valence-corrected chi connectivity index (χ2v) is 5.71. The van der Waals surface area contributed by atoms with Gasteiger partial charge in [-0.2, -0.15) is 5.10 Å². The molecule has 2 aromatic heterocycles. The SMILES string of the molecule is Cc1cc2nc(C(=O)NCc3ccc4c(c3)OCO4)cc(C)n2n1. The number of nitrogens with zero attached hydrogens (tertiary/aromatic N) is 3. The van der Waals surface area contributed by atoms with E-state index >= 15 is 0 Å². The number of aromatic nitrogens is 3. The molecular formula is C17H16N4O3. The number of benzene rings is 1. The molecular weight excluding hydrogens is 308 g/mol. The molecule has 1 aromatic carbocycles. The van der Waals surface area contributed by atoms with Gasteiger partial charge in [-0.1, -0.05) is 6.07 Å². The largest absolute Gasteiger partial charge is 0.454 e. The predicted molar refractivity (Wildman–Crippen MR) is 86.2 cm³/mol. The van der Waals surface area contributed by atoms with Gasteiger partial charge in [-0.3, -0.25) is 4.79 Å². The van der Waals surface area contributed by atoms with Crippen LogP contribution < -0.4 is 14.8 Å². The molecule has 0 atom stereocenters. The highest BCUT2D eigenvalue weighted by molar-refractivity contribution is 5.92. The maximum Gasteiger partial charge on any atom is 0.270 e. The highest BCUT2D eigenvalue weighted by Gasteiger charge is 2.15. The van der Waals surface area contributed by atoms with Crippen molar-refractivity contribution in [3.05, 3.63) is 53.0 Å². The standard InChI is InChI=1S/C17H16N4O3/c1-10-5-16-19-13(6-11(2)21(16)20-10)17(22)18-8-12-3-4-14-15(7-12)24-9-23-14/h3-7H,8-9H2,1-2H3,(H,18,22). The molecule has 0 fully saturated rings. The van der Waals surface area contributed by atoms with Crippen molar-refractivity contribution in [2.75, 3.05) is 6.79 Å². The quantitative estimate of drug-likeness (QED) is 0.797. The van der Waals surface area contributed by atoms with E-state index in [9.17, 15) is 4.79 Å². The van der Waals surface area contributed by atoms with Crippen molar-refractivity contribution in [3.63, 3.8) is 0 Å². The van der Waals surface area contributed by atoms with Gasteiger partial charge in [0.2, 0.25) is 6.79 Å². The Hall–Kier alpha value is -3.09. The number of hydrogen-bond donors (Lipinski definition) is 1. The molecule has 4 rings (SSSR count). The lowest BCUT2D eigenvalue weighted by Gasteiger charge is -2.07. The monoisotopic (exact) mass is 324 g/mol. The Bertz CT molecular complexity index is 948. The van der Waals surface area contributed by atoms with Crippen LogP contribution in [-0.4, -0.2) is 27.3 Å². The molecule has 24 heavy (non-hydrogen) atoms. The number of carbonyl (C=O) groups is 1. The summed E-state index contributed by atoms with van der Waals surface area (Å²) in [6.45, 7) is 4.42. The van der Waals surface area contributed by atoms with Gasteiger partial charge in [0.25, 0.3) is 5.91 Å². The fraction of sp³-hybridized carbons (Fsp3) is 0.235. The number of rotatable bonds is 3. The lowest BCUT2D eigenvalue weighted by atomic mass is 10.2. The first kappa shape index (κ1) is 14.5. The first-order valence-electron chi connectivity index (χ1n) is 7.61. The van der Waals surface area contributed by atoms with Crippen molar-refractivity contribution >= 4 is 11.6 Å². The van der Waals surface area contributed by atoms with Gasteiger partial charge in [0, 0.05) is 18.3 Å². The van der Waals surface area contributed by atoms with Gasteiger partial charge in [0.15, 0.2) is 17.1 Å². The number of aryl methyl sites for hydroxylation is 2. The molecule has 1 aliphatic rings. The average molecular weight is 324 g/mol. The van der Waals surface area contributed by atoms with Crippen LogP contribution in [0.1, 0.15) is 27.4 Å². The zero-order valence-electron chi connectivity index (χ0n) is 13.4. The lowest BCUT2D eigenvalue weighted by Crippen LogP contribution is -2.24. The first-order chi connectivity index (χ1) is 11.6. The highest BCUT2D eigenvalue weighted by Crippen LogP contribution is 2.32. The fourth-order valence-corrected chi connectivity index (χ4v) is 2.68. The van der Waals surface area contributed by atoms with Gasteiger partial charge in [0.1, 0.15) is 5.69 Å². The summed E-state index contributed by atoms with van der Waals surface area (Å²) in [5.41, 5.74) is 3.71. The molecule has 1 amide bonds. The number of fused-ring (bicyclic) bond motifs is 2. The summed E-state index contributed by atoms with van der Waals surface area (Å²) in [6, 6.07) is 9.18. The van der Waals surface area contributed by atoms with Crippen LogP contribution >= 0.6 is 0 Å². The summed E-state index contributed by atoms with van der Waals surface area (Å²) in [7, 11) is 0. The molecule has 7 heteroatoms. The van der Waals surface area contributed by atoms with Crippen molar-refractivity contribution in [1.29, 1.82) is 0 Å². The van der Waals surface area contributed by atoms with Gasteiger partial charge in [-0.25, -0.2) is 9.50 Å². The maximum absolute atomic E-state index is 12.4. The van der Waals surface area contributed by atoms with Gasteiger partial charge >= 0.3 is 0 Å². The van der Waals surface area contributed by atoms with Gasteiger partial charge < -0.3 is 14.8 Å². The van der Waals surface area contributed by atoms with Crippen LogP contribution in [0.3, 0.4) is 0 Å². The Balaban J connectivity index is 1.52. The van der Waals surface area contributed by atoms with Crippen molar-refractivity contribution in [2.45, 2.75) is 20.4 Å². The predicted octanol–water partition coefficient (Wildman–Crippen LogP) is 2.00. The molecule has 3 aromatic rings. The number of hydrogen-bond acceptors (Lipinski definition) is 5. The molecule has 0 saturated heterocycles. The first-order valence-corrected chi connectivity index (χ1v) is 7.61. The maximum atomic E-state index is 12.4. The van der Waals surface area contributed by atoms with E-state index in [0.717, 1.165) is 22.7 Å². The summed E-state index contributed by atoms with van der Waals surface area (Å²) in [6.07, 6.45) is 0. The third-order valence-corrected chi connectivity index (χ3v) is 3.85. The van der Waals surface area contributed by atoms with Crippen LogP contribution in [0, 0.1) is 13.8 Å². The molecule has 1 aliphatic heterocycles. The third-order valence-electron chi connectivity index (χ3n) is 3.85. The van der Waals surface area contributed by atoms with E-state index in [1.165, 1.54) is 0 Å². The van der Waals surface area contributed by atoms with Crippen molar-refractivity contribution in [1.82, 2.24) is 19.9 Å². The minimum absolute atomic E-state index is 0.225. The number of nitrogens with one attached hydrogen (secondary N) is 1. The van der Waals surface area contributed by atoms with Crippen LogP contribution in [0.2, 0.25) is 0 Å². The van der Waals surface area contributed by atoms with E-state index in [1.54, 1.807) is 10.6 Å². The van der Waals surface area contributed by atoms with E-state index in [0.29, 0.717) is 23.6 Å². The fourth-order valence-electron chi connectivity index (χ4n) is 2.68. The van der Waals surface area contributed by atoms with Crippen LogP contribution in [-0.2, 0) is 6.54 Å². The van der Waals surface area contributed by atoms with Crippen LogP contribution in [0.15, 0.2) is 30.3 Å². The van der Waals surface area contributed by atoms with Crippen molar-refractivity contribution < 1.29 is 14.3 Å². The number of ether oxygens (including phenoxy) is 2. The lowest BCUT2D eigenvalue weighted by molar-refractivity contribution is 0.0946. The Morgan fingerprint density at radius 3 is 2.92 bits per heavy atom. The summed E-state index contributed by atoms with van der Waals surface area (Å²) in [5, 5.41) is 7.21. The van der Waals surface area contributed by atoms with Crippen molar-refractivity contribution in [3.8, 4) is 11.5 Å². The molecule has 0 unspecified atom stereocenters. The topological polar surface area (TPSA) is 77.8 Å². The Kier molecular flexibility index (Phi) is 3.34. The van der Waals surface area contributed by atoms with Crippen LogP contribution in [0.4, 0.5) is 0 Å². The van der Waals surface area contributed by atoms with Gasteiger partial charge in [-0.15, -0.1) is 0 Å². The molecule has 7 nitrogen and oxygen atoms in total. The number of carbonyl (C=O) groups excluding carboxylic acids is 1. The van der Waals surface area contributed by atoms with E-state index < -0.39 is 0 Å². The Morgan fingerprint density at radius 2 is 2.04 bits per heavy atom. The molecule has 0 aliphatic carbocycles. The molecule has 0 bridgehead atoms. The van der Waals surface area contributed by atoms with Crippen LogP contribution in [0.5, 0.6) is 11.5 Å². The minimum atomic E-state index is -0.225. The van der Waals surface area contributed by atoms with E-state index in [-0.39, 0.29) is 12.7 Å². The summed E-state index contributed by atoms with van der Waals surface area (Å²) in [4.78, 5) is 16.8. The second-order valence-electron chi connectivity index (χ2n) is 5.71. The number of amides is 1. The Labute approximate surface area is 138 Å². The van der Waals surface area contributed by atoms with E-state index in [2.05, 4.69) is 15.4 Å². The zero-order chi connectivity index (χ0) is 16.7. The third kappa shape index (κ3) is 2.54. The summed E-state index contributed by atoms with van der Waals surface area (Å²) >= 11 is 0. The molecule has 0 saturated carbocycles. The van der Waals surface area contributed by atoms with Crippen molar-refractivity contribution in [2.24, 2.45) is 0 Å². The minimum Gasteiger partial charge on any atom is -0.454 e. The molecule has 1 N–H and O–H groups in total. The summed E-state index contributed by atoms with van der Waals surface area (Å²) < 4.78 is 12.3. The van der Waals surface area contributed by atoms with E-state index in [4.69, 9.17) is 9.47 Å². The normalized spacial score (nSPS) is 12.6. The molecule has 122 valence electrons. The van der Waals surface area contributed by atoms with Crippen LogP contribution in [0.25, 0.3) is 5.65 Å². The molecule has 3 heterocycles. The summed E-state index contributed by atoms with van der Waals surface area (Å²) in [5.74, 6) is 1.20. The average Bonchev–Trinajstić information content (AvgIpc) is 3.17. The molecule has 0 radical (unpaired) electrons. The zero-order valence-corrected chi connectivity index (χ0v) is 13.4. The molecule has 0 spiro atoms. The van der Waals surface area contributed by atoms with Gasteiger partial charge in [0.05, 0.1) is 5.69 Å². The second kappa shape index (κ2) is 5.52. The van der Waals surface area contributed by atoms with Gasteiger partial charge in [-0.05, 0) is 37.6 Å². The highest BCUT2D eigenvalue weighted by atomic mass is 16.7. The Morgan fingerprint density at radius 1 is 1.21 bits per heavy atom. The van der Waals surface area contributed by atoms with E-state index in [1.807, 2.05) is 38.1 Å². The smallest absolute Gasteiger partial charge is 0.270 e.